The van der Waals surface area contributed by atoms with Gasteiger partial charge in [0, 0.05) is 46.0 Å². The van der Waals surface area contributed by atoms with Crippen molar-refractivity contribution in [1.29, 1.82) is 0 Å². The molecule has 0 spiro atoms. The molecule has 0 unspecified atom stereocenters. The van der Waals surface area contributed by atoms with Gasteiger partial charge in [0.1, 0.15) is 5.69 Å². The van der Waals surface area contributed by atoms with E-state index in [1.54, 1.807) is 30.1 Å². The van der Waals surface area contributed by atoms with Gasteiger partial charge >= 0.3 is 0 Å². The van der Waals surface area contributed by atoms with E-state index in [0.29, 0.717) is 24.0 Å². The highest BCUT2D eigenvalue weighted by Gasteiger charge is 2.37. The Bertz CT molecular complexity index is 927. The molecule has 0 fully saturated rings. The summed E-state index contributed by atoms with van der Waals surface area (Å²) >= 11 is 0. The van der Waals surface area contributed by atoms with Gasteiger partial charge in [0.2, 0.25) is 17.8 Å². The number of nitrogens with zero attached hydrogens (tertiary/aromatic N) is 5. The quantitative estimate of drug-likeness (QED) is 0.879. The van der Waals surface area contributed by atoms with E-state index in [0.717, 1.165) is 11.4 Å². The topological polar surface area (TPSA) is 81.7 Å². The van der Waals surface area contributed by atoms with Gasteiger partial charge in [-0.1, -0.05) is 6.07 Å². The molecule has 8 heteroatoms. The maximum Gasteiger partial charge on any atom is 0.234 e. The van der Waals surface area contributed by atoms with Crippen LogP contribution in [0, 0.1) is 5.41 Å². The van der Waals surface area contributed by atoms with Crippen LogP contribution in [0.2, 0.25) is 0 Å². The highest BCUT2D eigenvalue weighted by molar-refractivity contribution is 6.00. The molecule has 28 heavy (non-hydrogen) atoms. The zero-order chi connectivity index (χ0) is 20.6. The smallest absolute Gasteiger partial charge is 0.234 e. The summed E-state index contributed by atoms with van der Waals surface area (Å²) < 4.78 is 0. The summed E-state index contributed by atoms with van der Waals surface area (Å²) in [7, 11) is 5.40. The van der Waals surface area contributed by atoms with Gasteiger partial charge in [-0.15, -0.1) is 0 Å². The van der Waals surface area contributed by atoms with E-state index >= 15 is 0 Å². The molecule has 2 amide bonds. The Morgan fingerprint density at radius 3 is 2.68 bits per heavy atom. The average molecular weight is 382 g/mol. The number of anilines is 5. The SMILES string of the molecule is CC(=O)N(C)c1cccc(Nc2ncc3c(n2)N(C)CC(C)(C)C(=O)N3C)c1. The molecule has 1 N–H and O–H groups in total. The molecule has 1 aliphatic rings. The molecular weight excluding hydrogens is 356 g/mol. The fourth-order valence-corrected chi connectivity index (χ4v) is 3.35. The van der Waals surface area contributed by atoms with Crippen LogP contribution in [0.25, 0.3) is 0 Å². The molecule has 2 heterocycles. The van der Waals surface area contributed by atoms with Gasteiger partial charge in [-0.2, -0.15) is 4.98 Å². The maximum atomic E-state index is 12.7. The predicted octanol–water partition coefficient (Wildman–Crippen LogP) is 2.64. The van der Waals surface area contributed by atoms with Gasteiger partial charge in [-0.05, 0) is 32.0 Å². The third-order valence-electron chi connectivity index (χ3n) is 4.95. The highest BCUT2D eigenvalue weighted by atomic mass is 16.2. The van der Waals surface area contributed by atoms with E-state index in [2.05, 4.69) is 15.3 Å². The first kappa shape index (κ1) is 19.6. The molecular formula is C20H26N6O2. The van der Waals surface area contributed by atoms with Crippen LogP contribution in [0.4, 0.5) is 28.8 Å². The lowest BCUT2D eigenvalue weighted by molar-refractivity contribution is -0.125. The van der Waals surface area contributed by atoms with Crippen molar-refractivity contribution in [2.24, 2.45) is 5.41 Å². The molecule has 0 atom stereocenters. The van der Waals surface area contributed by atoms with E-state index in [4.69, 9.17) is 0 Å². The number of aromatic nitrogens is 2. The van der Waals surface area contributed by atoms with Gasteiger partial charge in [0.15, 0.2) is 5.82 Å². The summed E-state index contributed by atoms with van der Waals surface area (Å²) in [5, 5.41) is 3.19. The minimum absolute atomic E-state index is 0.0300. The Morgan fingerprint density at radius 1 is 1.29 bits per heavy atom. The van der Waals surface area contributed by atoms with Gasteiger partial charge in [0.25, 0.3) is 0 Å². The molecule has 1 aromatic heterocycles. The molecule has 0 aliphatic carbocycles. The molecule has 0 saturated heterocycles. The highest BCUT2D eigenvalue weighted by Crippen LogP contribution is 2.35. The summed E-state index contributed by atoms with van der Waals surface area (Å²) in [5.74, 6) is 1.10. The molecule has 3 rings (SSSR count). The first-order valence-corrected chi connectivity index (χ1v) is 9.08. The Morgan fingerprint density at radius 2 is 2.00 bits per heavy atom. The van der Waals surface area contributed by atoms with Gasteiger partial charge in [0.05, 0.1) is 11.6 Å². The summed E-state index contributed by atoms with van der Waals surface area (Å²) in [6.07, 6.45) is 1.66. The number of nitrogens with one attached hydrogen (secondary N) is 1. The number of hydrogen-bond donors (Lipinski definition) is 1. The van der Waals surface area contributed by atoms with Crippen molar-refractivity contribution in [3.05, 3.63) is 30.5 Å². The number of carbonyl (C=O) groups excluding carboxylic acids is 2. The second-order valence-corrected chi connectivity index (χ2v) is 7.76. The van der Waals surface area contributed by atoms with Crippen LogP contribution >= 0.6 is 0 Å². The second-order valence-electron chi connectivity index (χ2n) is 7.76. The first-order valence-electron chi connectivity index (χ1n) is 9.08. The van der Waals surface area contributed by atoms with Crippen LogP contribution in [0.15, 0.2) is 30.5 Å². The van der Waals surface area contributed by atoms with Crippen molar-refractivity contribution in [1.82, 2.24) is 9.97 Å². The van der Waals surface area contributed by atoms with E-state index in [1.165, 1.54) is 6.92 Å². The van der Waals surface area contributed by atoms with Crippen LogP contribution in [0.5, 0.6) is 0 Å². The number of carbonyl (C=O) groups is 2. The molecule has 0 radical (unpaired) electrons. The Hall–Kier alpha value is -3.16. The standard InChI is InChI=1S/C20H26N6O2/c1-13(27)25(5)15-9-7-8-14(10-15)22-19-21-11-16-17(23-19)24(4)12-20(2,3)18(28)26(16)6/h7-11H,12H2,1-6H3,(H,21,22,23). The molecule has 0 saturated carbocycles. The third-order valence-corrected chi connectivity index (χ3v) is 4.95. The van der Waals surface area contributed by atoms with Crippen LogP contribution in [0.3, 0.4) is 0 Å². The van der Waals surface area contributed by atoms with Crippen molar-refractivity contribution < 1.29 is 9.59 Å². The van der Waals surface area contributed by atoms with Gasteiger partial charge in [-0.25, -0.2) is 4.98 Å². The lowest BCUT2D eigenvalue weighted by atomic mass is 9.91. The van der Waals surface area contributed by atoms with E-state index in [-0.39, 0.29) is 11.8 Å². The summed E-state index contributed by atoms with van der Waals surface area (Å²) in [4.78, 5) is 38.5. The zero-order valence-corrected chi connectivity index (χ0v) is 17.1. The van der Waals surface area contributed by atoms with Crippen molar-refractivity contribution in [3.8, 4) is 0 Å². The van der Waals surface area contributed by atoms with Crippen molar-refractivity contribution in [2.75, 3.05) is 47.7 Å². The molecule has 148 valence electrons. The Kier molecular flexibility index (Phi) is 4.97. The molecule has 1 aromatic carbocycles. The Balaban J connectivity index is 1.92. The fraction of sp³-hybridized carbons (Fsp3) is 0.400. The maximum absolute atomic E-state index is 12.7. The normalized spacial score (nSPS) is 15.7. The molecule has 8 nitrogen and oxygen atoms in total. The van der Waals surface area contributed by atoms with Crippen LogP contribution < -0.4 is 20.0 Å². The number of hydrogen-bond acceptors (Lipinski definition) is 6. The fourth-order valence-electron chi connectivity index (χ4n) is 3.35. The number of benzene rings is 1. The van der Waals surface area contributed by atoms with Crippen LogP contribution in [0.1, 0.15) is 20.8 Å². The largest absolute Gasteiger partial charge is 0.357 e. The van der Waals surface area contributed by atoms with E-state index in [9.17, 15) is 9.59 Å². The van der Waals surface area contributed by atoms with Gasteiger partial charge < -0.3 is 20.0 Å². The number of fused-ring (bicyclic) bond motifs is 1. The van der Waals surface area contributed by atoms with E-state index in [1.807, 2.05) is 50.1 Å². The first-order chi connectivity index (χ1) is 13.1. The van der Waals surface area contributed by atoms with E-state index < -0.39 is 5.41 Å². The average Bonchev–Trinajstić information content (AvgIpc) is 2.71. The lowest BCUT2D eigenvalue weighted by Gasteiger charge is -2.27. The third kappa shape index (κ3) is 3.62. The van der Waals surface area contributed by atoms with Gasteiger partial charge in [-0.3, -0.25) is 9.59 Å². The number of rotatable bonds is 3. The molecule has 0 bridgehead atoms. The minimum Gasteiger partial charge on any atom is -0.357 e. The van der Waals surface area contributed by atoms with Crippen molar-refractivity contribution >= 4 is 40.6 Å². The summed E-state index contributed by atoms with van der Waals surface area (Å²) in [6.45, 7) is 5.93. The monoisotopic (exact) mass is 382 g/mol. The summed E-state index contributed by atoms with van der Waals surface area (Å²) in [5.41, 5.74) is 1.69. The predicted molar refractivity (Wildman–Crippen MR) is 111 cm³/mol. The summed E-state index contributed by atoms with van der Waals surface area (Å²) in [6, 6.07) is 7.47. The zero-order valence-electron chi connectivity index (χ0n) is 17.1. The van der Waals surface area contributed by atoms with Crippen molar-refractivity contribution in [3.63, 3.8) is 0 Å². The van der Waals surface area contributed by atoms with Crippen LogP contribution in [-0.2, 0) is 9.59 Å². The lowest BCUT2D eigenvalue weighted by Crippen LogP contribution is -2.41. The number of amides is 2. The Labute approximate surface area is 165 Å². The second kappa shape index (κ2) is 7.10. The molecule has 1 aliphatic heterocycles. The van der Waals surface area contributed by atoms with Crippen LogP contribution in [-0.4, -0.2) is 49.5 Å². The molecule has 2 aromatic rings. The van der Waals surface area contributed by atoms with Crippen molar-refractivity contribution in [2.45, 2.75) is 20.8 Å². The minimum atomic E-state index is -0.524.